The van der Waals surface area contributed by atoms with E-state index in [1.165, 1.54) is 28.4 Å². The number of ether oxygens (including phenoxy) is 1. The fraction of sp³-hybridized carbons (Fsp3) is 0.600. The van der Waals surface area contributed by atoms with Crippen LogP contribution in [0.15, 0.2) is 23.1 Å². The van der Waals surface area contributed by atoms with Crippen LogP contribution in [-0.4, -0.2) is 82.2 Å². The second-order valence-electron chi connectivity index (χ2n) is 8.08. The van der Waals surface area contributed by atoms with Crippen LogP contribution in [-0.2, 0) is 29.4 Å². The fourth-order valence-corrected chi connectivity index (χ4v) is 7.39. The van der Waals surface area contributed by atoms with Gasteiger partial charge in [-0.1, -0.05) is 12.5 Å². The average Bonchev–Trinajstić information content (AvgIpc) is 3.11. The van der Waals surface area contributed by atoms with Gasteiger partial charge in [-0.3, -0.25) is 4.79 Å². The number of esters is 1. The van der Waals surface area contributed by atoms with Gasteiger partial charge in [0, 0.05) is 26.2 Å². The highest BCUT2D eigenvalue weighted by molar-refractivity contribution is 7.91. The van der Waals surface area contributed by atoms with Gasteiger partial charge in [-0.2, -0.15) is 4.31 Å². The largest absolute Gasteiger partial charge is 0.452 e. The van der Waals surface area contributed by atoms with Crippen molar-refractivity contribution < 1.29 is 31.2 Å². The van der Waals surface area contributed by atoms with Gasteiger partial charge >= 0.3 is 5.97 Å². The first-order chi connectivity index (χ1) is 14.5. The number of sulfone groups is 1. The molecule has 172 valence electrons. The SMILES string of the molecule is Cc1ccc(C(=O)OCC(=O)N(C)[C@H]2CCS(=O)(=O)C2)cc1S(=O)(=O)N1CCCCC1. The van der Waals surface area contributed by atoms with Crippen molar-refractivity contribution in [2.45, 2.75) is 43.5 Å². The molecule has 2 aliphatic rings. The Morgan fingerprint density at radius 1 is 1.19 bits per heavy atom. The molecule has 1 amide bonds. The van der Waals surface area contributed by atoms with Gasteiger partial charge < -0.3 is 9.64 Å². The van der Waals surface area contributed by atoms with Crippen molar-refractivity contribution in [1.29, 1.82) is 0 Å². The van der Waals surface area contributed by atoms with Crippen molar-refractivity contribution >= 4 is 31.7 Å². The molecular formula is C20H28N2O7S2. The summed E-state index contributed by atoms with van der Waals surface area (Å²) in [4.78, 5) is 26.1. The number of aryl methyl sites for hydroxylation is 1. The lowest BCUT2D eigenvalue weighted by Gasteiger charge is -2.26. The van der Waals surface area contributed by atoms with Crippen molar-refractivity contribution in [3.8, 4) is 0 Å². The van der Waals surface area contributed by atoms with E-state index in [1.54, 1.807) is 13.0 Å². The first kappa shape index (κ1) is 23.7. The minimum atomic E-state index is -3.72. The Balaban J connectivity index is 1.67. The first-order valence-electron chi connectivity index (χ1n) is 10.3. The molecular weight excluding hydrogens is 444 g/mol. The fourth-order valence-electron chi connectivity index (χ4n) is 3.85. The third-order valence-electron chi connectivity index (χ3n) is 5.83. The lowest BCUT2D eigenvalue weighted by atomic mass is 10.1. The highest BCUT2D eigenvalue weighted by Crippen LogP contribution is 2.25. The van der Waals surface area contributed by atoms with Crippen LogP contribution in [0.3, 0.4) is 0 Å². The minimum Gasteiger partial charge on any atom is -0.452 e. The van der Waals surface area contributed by atoms with E-state index in [0.717, 1.165) is 19.3 Å². The molecule has 2 aliphatic heterocycles. The second kappa shape index (κ2) is 9.25. The molecule has 0 bridgehead atoms. The van der Waals surface area contributed by atoms with E-state index < -0.39 is 44.4 Å². The van der Waals surface area contributed by atoms with Gasteiger partial charge in [0.05, 0.1) is 22.0 Å². The maximum atomic E-state index is 13.0. The molecule has 0 radical (unpaired) electrons. The van der Waals surface area contributed by atoms with Crippen molar-refractivity contribution in [2.75, 3.05) is 38.2 Å². The quantitative estimate of drug-likeness (QED) is 0.566. The van der Waals surface area contributed by atoms with Crippen molar-refractivity contribution in [1.82, 2.24) is 9.21 Å². The average molecular weight is 473 g/mol. The number of carbonyl (C=O) groups is 2. The van der Waals surface area contributed by atoms with Crippen LogP contribution in [0.4, 0.5) is 0 Å². The lowest BCUT2D eigenvalue weighted by molar-refractivity contribution is -0.134. The van der Waals surface area contributed by atoms with Gasteiger partial charge in [0.15, 0.2) is 16.4 Å². The zero-order valence-corrected chi connectivity index (χ0v) is 19.4. The van der Waals surface area contributed by atoms with E-state index in [0.29, 0.717) is 25.1 Å². The Morgan fingerprint density at radius 3 is 2.48 bits per heavy atom. The molecule has 2 fully saturated rings. The van der Waals surface area contributed by atoms with E-state index in [4.69, 9.17) is 4.74 Å². The van der Waals surface area contributed by atoms with Gasteiger partial charge in [0.2, 0.25) is 10.0 Å². The van der Waals surface area contributed by atoms with E-state index in [2.05, 4.69) is 0 Å². The maximum absolute atomic E-state index is 13.0. The molecule has 0 N–H and O–H groups in total. The Morgan fingerprint density at radius 2 is 1.87 bits per heavy atom. The van der Waals surface area contributed by atoms with Crippen molar-refractivity contribution in [3.05, 3.63) is 29.3 Å². The highest BCUT2D eigenvalue weighted by Gasteiger charge is 2.33. The summed E-state index contributed by atoms with van der Waals surface area (Å²) in [6, 6.07) is 3.87. The number of benzene rings is 1. The molecule has 2 heterocycles. The molecule has 1 aromatic carbocycles. The molecule has 1 atom stereocenters. The predicted octanol–water partition coefficient (Wildman–Crippen LogP) is 0.972. The molecule has 0 aromatic heterocycles. The number of nitrogens with zero attached hydrogens (tertiary/aromatic N) is 2. The number of sulfonamides is 1. The summed E-state index contributed by atoms with van der Waals surface area (Å²) < 4.78 is 55.7. The van der Waals surface area contributed by atoms with Crippen molar-refractivity contribution in [2.24, 2.45) is 0 Å². The summed E-state index contributed by atoms with van der Waals surface area (Å²) in [6.07, 6.45) is 2.96. The Kier molecular flexibility index (Phi) is 7.07. The van der Waals surface area contributed by atoms with Crippen LogP contribution in [0.1, 0.15) is 41.6 Å². The molecule has 9 nitrogen and oxygen atoms in total. The third kappa shape index (κ3) is 5.45. The van der Waals surface area contributed by atoms with Gasteiger partial charge in [0.1, 0.15) is 0 Å². The molecule has 2 saturated heterocycles. The Bertz CT molecular complexity index is 1060. The first-order valence-corrected chi connectivity index (χ1v) is 13.5. The summed E-state index contributed by atoms with van der Waals surface area (Å²) in [5.74, 6) is -1.38. The highest BCUT2D eigenvalue weighted by atomic mass is 32.2. The summed E-state index contributed by atoms with van der Waals surface area (Å²) in [5.41, 5.74) is 0.570. The number of likely N-dealkylation sites (N-methyl/N-ethyl adjacent to an activating group) is 1. The Labute approximate surface area is 183 Å². The predicted molar refractivity (Wildman–Crippen MR) is 114 cm³/mol. The molecule has 31 heavy (non-hydrogen) atoms. The molecule has 1 aromatic rings. The van der Waals surface area contributed by atoms with Crippen molar-refractivity contribution in [3.63, 3.8) is 0 Å². The van der Waals surface area contributed by atoms with Crippen LogP contribution < -0.4 is 0 Å². The standard InChI is InChI=1S/C20H28N2O7S2/c1-15-6-7-16(12-18(15)31(27,28)22-9-4-3-5-10-22)20(24)29-13-19(23)21(2)17-8-11-30(25,26)14-17/h6-7,12,17H,3-5,8-11,13-14H2,1-2H3/t17-/m0/s1. The number of hydrogen-bond donors (Lipinski definition) is 0. The van der Waals surface area contributed by atoms with Crippen LogP contribution in [0.5, 0.6) is 0 Å². The van der Waals surface area contributed by atoms with Crippen LogP contribution in [0, 0.1) is 6.92 Å². The summed E-state index contributed by atoms with van der Waals surface area (Å²) in [5, 5.41) is 0. The molecule has 0 unspecified atom stereocenters. The number of hydrogen-bond acceptors (Lipinski definition) is 7. The smallest absolute Gasteiger partial charge is 0.338 e. The van der Waals surface area contributed by atoms with Gasteiger partial charge in [-0.25, -0.2) is 21.6 Å². The summed E-state index contributed by atoms with van der Waals surface area (Å²) >= 11 is 0. The summed E-state index contributed by atoms with van der Waals surface area (Å²) in [7, 11) is -5.38. The monoisotopic (exact) mass is 472 g/mol. The zero-order valence-electron chi connectivity index (χ0n) is 17.7. The number of carbonyl (C=O) groups excluding carboxylic acids is 2. The topological polar surface area (TPSA) is 118 Å². The third-order valence-corrected chi connectivity index (χ3v) is 9.62. The summed E-state index contributed by atoms with van der Waals surface area (Å²) in [6.45, 7) is 2.02. The number of rotatable bonds is 6. The van der Waals surface area contributed by atoms with E-state index >= 15 is 0 Å². The van der Waals surface area contributed by atoms with Gasteiger partial charge in [-0.05, 0) is 43.9 Å². The second-order valence-corrected chi connectivity index (χ2v) is 12.2. The normalized spacial score (nSPS) is 21.5. The maximum Gasteiger partial charge on any atom is 0.338 e. The van der Waals surface area contributed by atoms with Gasteiger partial charge in [-0.15, -0.1) is 0 Å². The molecule has 0 spiro atoms. The van der Waals surface area contributed by atoms with Crippen LogP contribution >= 0.6 is 0 Å². The zero-order chi connectivity index (χ0) is 22.8. The van der Waals surface area contributed by atoms with Crippen LogP contribution in [0.2, 0.25) is 0 Å². The lowest BCUT2D eigenvalue weighted by Crippen LogP contribution is -2.40. The minimum absolute atomic E-state index is 0.0344. The molecule has 3 rings (SSSR count). The molecule has 0 saturated carbocycles. The van der Waals surface area contributed by atoms with E-state index in [1.807, 2.05) is 0 Å². The van der Waals surface area contributed by atoms with Crippen LogP contribution in [0.25, 0.3) is 0 Å². The van der Waals surface area contributed by atoms with E-state index in [-0.39, 0.29) is 22.0 Å². The van der Waals surface area contributed by atoms with Gasteiger partial charge in [0.25, 0.3) is 5.91 Å². The molecule has 0 aliphatic carbocycles. The molecule has 11 heteroatoms. The number of piperidine rings is 1. The number of amides is 1. The van der Waals surface area contributed by atoms with E-state index in [9.17, 15) is 26.4 Å². The Hall–Kier alpha value is -1.98.